The highest BCUT2D eigenvalue weighted by Gasteiger charge is 1.94. The first-order valence-corrected chi connectivity index (χ1v) is 11.7. The summed E-state index contributed by atoms with van der Waals surface area (Å²) in [5.41, 5.74) is 0. The number of hydrogen-bond acceptors (Lipinski definition) is 7. The van der Waals surface area contributed by atoms with Gasteiger partial charge in [-0.3, -0.25) is 0 Å². The molecule has 180 valence electrons. The van der Waals surface area contributed by atoms with Crippen LogP contribution in [0.3, 0.4) is 0 Å². The molecule has 0 atom stereocenters. The summed E-state index contributed by atoms with van der Waals surface area (Å²) in [4.78, 5) is 0. The van der Waals surface area contributed by atoms with Crippen molar-refractivity contribution < 1.29 is 33.5 Å². The highest BCUT2D eigenvalue weighted by molar-refractivity contribution is 4.73. The predicted octanol–water partition coefficient (Wildman–Crippen LogP) is 3.73. The molecule has 0 saturated carbocycles. The van der Waals surface area contributed by atoms with Crippen molar-refractivity contribution in [1.29, 1.82) is 0 Å². The molecule has 0 aromatic heterocycles. The van der Waals surface area contributed by atoms with Crippen molar-refractivity contribution in [3.63, 3.8) is 0 Å². The van der Waals surface area contributed by atoms with Crippen LogP contribution in [0.25, 0.3) is 0 Å². The van der Waals surface area contributed by atoms with Gasteiger partial charge in [0, 0.05) is 0 Å². The van der Waals surface area contributed by atoms with Gasteiger partial charge in [-0.25, -0.2) is 0 Å². The van der Waals surface area contributed by atoms with Crippen LogP contribution in [-0.4, -0.2) is 84.4 Å². The van der Waals surface area contributed by atoms with Gasteiger partial charge in [-0.2, -0.15) is 0 Å². The van der Waals surface area contributed by atoms with Gasteiger partial charge in [0.05, 0.1) is 78.9 Å². The van der Waals surface area contributed by atoms with Crippen LogP contribution in [0.1, 0.15) is 58.3 Å². The number of unbranched alkanes of at least 4 members (excludes halogenated alkanes) is 7. The standard InChI is InChI=1S/C23H46O7/c1-2-3-4-5-6-7-8-9-10-12-25-14-16-27-18-20-29-22-23-30-21-19-28-17-15-26-13-11-24/h10,12,24H,2-9,11,13-23H2,1H3/b12-10+. The van der Waals surface area contributed by atoms with Crippen molar-refractivity contribution in [3.8, 4) is 0 Å². The van der Waals surface area contributed by atoms with Gasteiger partial charge in [-0.15, -0.1) is 0 Å². The molecule has 0 amide bonds. The molecular formula is C23H46O7. The third-order valence-corrected chi connectivity index (χ3v) is 4.24. The zero-order valence-electron chi connectivity index (χ0n) is 19.2. The van der Waals surface area contributed by atoms with Gasteiger partial charge in [-0.1, -0.05) is 45.4 Å². The van der Waals surface area contributed by atoms with E-state index in [-0.39, 0.29) is 6.61 Å². The van der Waals surface area contributed by atoms with E-state index >= 15 is 0 Å². The molecule has 7 nitrogen and oxygen atoms in total. The molecule has 7 heteroatoms. The Hall–Kier alpha value is -0.700. The van der Waals surface area contributed by atoms with Crippen LogP contribution < -0.4 is 0 Å². The van der Waals surface area contributed by atoms with Gasteiger partial charge >= 0.3 is 0 Å². The maximum atomic E-state index is 8.54. The molecule has 0 spiro atoms. The van der Waals surface area contributed by atoms with E-state index in [9.17, 15) is 0 Å². The average molecular weight is 435 g/mol. The van der Waals surface area contributed by atoms with E-state index in [1.165, 1.54) is 44.9 Å². The van der Waals surface area contributed by atoms with Crippen molar-refractivity contribution >= 4 is 0 Å². The molecule has 0 aliphatic heterocycles. The lowest BCUT2D eigenvalue weighted by Crippen LogP contribution is -2.14. The zero-order chi connectivity index (χ0) is 21.8. The first kappa shape index (κ1) is 29.3. The fourth-order valence-electron chi connectivity index (χ4n) is 2.58. The summed E-state index contributed by atoms with van der Waals surface area (Å²) in [7, 11) is 0. The Labute approximate surface area is 184 Å². The summed E-state index contributed by atoms with van der Waals surface area (Å²) in [6.45, 7) is 8.03. The molecule has 0 fully saturated rings. The summed E-state index contributed by atoms with van der Waals surface area (Å²) in [5.74, 6) is 0. The van der Waals surface area contributed by atoms with Crippen molar-refractivity contribution in [3.05, 3.63) is 12.3 Å². The molecule has 0 aromatic rings. The maximum absolute atomic E-state index is 8.54. The average Bonchev–Trinajstić information content (AvgIpc) is 2.76. The summed E-state index contributed by atoms with van der Waals surface area (Å²) < 4.78 is 32.1. The molecular weight excluding hydrogens is 388 g/mol. The Balaban J connectivity index is 3.04. The largest absolute Gasteiger partial charge is 0.499 e. The minimum atomic E-state index is 0.0404. The molecule has 0 aliphatic rings. The molecule has 0 unspecified atom stereocenters. The van der Waals surface area contributed by atoms with Crippen molar-refractivity contribution in [2.75, 3.05) is 79.3 Å². The van der Waals surface area contributed by atoms with Gasteiger partial charge in [0.15, 0.2) is 0 Å². The van der Waals surface area contributed by atoms with Gasteiger partial charge < -0.3 is 33.5 Å². The van der Waals surface area contributed by atoms with Crippen LogP contribution in [0.2, 0.25) is 0 Å². The second-order valence-electron chi connectivity index (χ2n) is 6.94. The van der Waals surface area contributed by atoms with Gasteiger partial charge in [0.2, 0.25) is 0 Å². The van der Waals surface area contributed by atoms with E-state index in [2.05, 4.69) is 13.0 Å². The van der Waals surface area contributed by atoms with Crippen molar-refractivity contribution in [2.24, 2.45) is 0 Å². The number of ether oxygens (including phenoxy) is 6. The number of allylic oxidation sites excluding steroid dienone is 1. The molecule has 0 radical (unpaired) electrons. The Morgan fingerprint density at radius 1 is 0.533 bits per heavy atom. The van der Waals surface area contributed by atoms with Crippen LogP contribution in [0, 0.1) is 0 Å². The van der Waals surface area contributed by atoms with E-state index in [0.29, 0.717) is 72.7 Å². The summed E-state index contributed by atoms with van der Waals surface area (Å²) >= 11 is 0. The number of aliphatic hydroxyl groups excluding tert-OH is 1. The highest BCUT2D eigenvalue weighted by Crippen LogP contribution is 2.08. The molecule has 0 aliphatic carbocycles. The van der Waals surface area contributed by atoms with E-state index in [1.807, 2.05) is 0 Å². The van der Waals surface area contributed by atoms with Gasteiger partial charge in [0.1, 0.15) is 6.61 Å². The molecule has 30 heavy (non-hydrogen) atoms. The first-order chi connectivity index (χ1) is 14.9. The minimum Gasteiger partial charge on any atom is -0.499 e. The second-order valence-corrected chi connectivity index (χ2v) is 6.94. The van der Waals surface area contributed by atoms with Crippen LogP contribution in [-0.2, 0) is 28.4 Å². The lowest BCUT2D eigenvalue weighted by molar-refractivity contribution is -0.0155. The van der Waals surface area contributed by atoms with E-state index in [1.54, 1.807) is 6.26 Å². The quantitative estimate of drug-likeness (QED) is 0.164. The molecule has 1 N–H and O–H groups in total. The summed E-state index contributed by atoms with van der Waals surface area (Å²) in [6, 6.07) is 0. The maximum Gasteiger partial charge on any atom is 0.111 e. The molecule has 0 bridgehead atoms. The van der Waals surface area contributed by atoms with E-state index < -0.39 is 0 Å². The lowest BCUT2D eigenvalue weighted by Gasteiger charge is -2.07. The third-order valence-electron chi connectivity index (χ3n) is 4.24. The van der Waals surface area contributed by atoms with E-state index in [4.69, 9.17) is 33.5 Å². The Morgan fingerprint density at radius 2 is 0.967 bits per heavy atom. The molecule has 0 rings (SSSR count). The Kier molecular flexibility index (Phi) is 27.6. The lowest BCUT2D eigenvalue weighted by atomic mass is 10.1. The summed E-state index contributed by atoms with van der Waals surface area (Å²) in [6.07, 6.45) is 14.3. The summed E-state index contributed by atoms with van der Waals surface area (Å²) in [5, 5.41) is 8.54. The Morgan fingerprint density at radius 3 is 1.47 bits per heavy atom. The van der Waals surface area contributed by atoms with Crippen molar-refractivity contribution in [2.45, 2.75) is 58.3 Å². The highest BCUT2D eigenvalue weighted by atomic mass is 16.6. The Bertz CT molecular complexity index is 327. The number of hydrogen-bond donors (Lipinski definition) is 1. The van der Waals surface area contributed by atoms with Crippen LogP contribution in [0.15, 0.2) is 12.3 Å². The van der Waals surface area contributed by atoms with Crippen LogP contribution in [0.4, 0.5) is 0 Å². The topological polar surface area (TPSA) is 75.6 Å². The van der Waals surface area contributed by atoms with Crippen LogP contribution >= 0.6 is 0 Å². The monoisotopic (exact) mass is 434 g/mol. The third kappa shape index (κ3) is 27.3. The van der Waals surface area contributed by atoms with Crippen molar-refractivity contribution in [1.82, 2.24) is 0 Å². The SMILES string of the molecule is CCCCCCCCC/C=C/OCCOCCOCCOCCOCCOCCO. The van der Waals surface area contributed by atoms with Crippen LogP contribution in [0.5, 0.6) is 0 Å². The molecule has 0 aromatic carbocycles. The fraction of sp³-hybridized carbons (Fsp3) is 0.913. The first-order valence-electron chi connectivity index (χ1n) is 11.7. The minimum absolute atomic E-state index is 0.0404. The number of rotatable bonds is 26. The van der Waals surface area contributed by atoms with E-state index in [0.717, 1.165) is 6.42 Å². The van der Waals surface area contributed by atoms with Gasteiger partial charge in [0.25, 0.3) is 0 Å². The zero-order valence-corrected chi connectivity index (χ0v) is 19.2. The fourth-order valence-corrected chi connectivity index (χ4v) is 2.58. The molecule has 0 heterocycles. The molecule has 0 saturated heterocycles. The number of aliphatic hydroxyl groups is 1. The predicted molar refractivity (Wildman–Crippen MR) is 119 cm³/mol. The second kappa shape index (κ2) is 28.3. The smallest absolute Gasteiger partial charge is 0.111 e. The van der Waals surface area contributed by atoms with Gasteiger partial charge in [-0.05, 0) is 18.9 Å². The normalized spacial score (nSPS) is 11.5.